The first-order valence-electron chi connectivity index (χ1n) is 5.98. The predicted octanol–water partition coefficient (Wildman–Crippen LogP) is 1.13. The van der Waals surface area contributed by atoms with Gasteiger partial charge in [-0.1, -0.05) is 0 Å². The monoisotopic (exact) mass is 234 g/mol. The van der Waals surface area contributed by atoms with E-state index in [0.29, 0.717) is 18.2 Å². The summed E-state index contributed by atoms with van der Waals surface area (Å²) >= 11 is 0. The molecule has 4 N–H and O–H groups in total. The lowest BCUT2D eigenvalue weighted by atomic mass is 10.3. The smallest absolute Gasteiger partial charge is 0.220 e. The van der Waals surface area contributed by atoms with Crippen molar-refractivity contribution in [1.82, 2.24) is 10.3 Å². The Balaban J connectivity index is 1.60. The molecule has 2 rings (SSSR count). The van der Waals surface area contributed by atoms with Crippen molar-refractivity contribution in [1.29, 1.82) is 0 Å². The first-order valence-corrected chi connectivity index (χ1v) is 5.98. The third kappa shape index (κ3) is 4.30. The van der Waals surface area contributed by atoms with Crippen LogP contribution in [0.3, 0.4) is 0 Å². The second-order valence-corrected chi connectivity index (χ2v) is 4.38. The zero-order chi connectivity index (χ0) is 12.1. The number of amides is 1. The van der Waals surface area contributed by atoms with Gasteiger partial charge in [-0.3, -0.25) is 9.78 Å². The number of carbonyl (C=O) groups is 1. The molecule has 5 nitrogen and oxygen atoms in total. The molecule has 0 aromatic carbocycles. The van der Waals surface area contributed by atoms with E-state index in [9.17, 15) is 4.79 Å². The summed E-state index contributed by atoms with van der Waals surface area (Å²) in [4.78, 5) is 15.4. The largest absolute Gasteiger partial charge is 0.397 e. The van der Waals surface area contributed by atoms with Gasteiger partial charge in [-0.2, -0.15) is 0 Å². The fourth-order valence-electron chi connectivity index (χ4n) is 1.56. The lowest BCUT2D eigenvalue weighted by Gasteiger charge is -2.06. The minimum atomic E-state index is 0.153. The number of anilines is 2. The van der Waals surface area contributed by atoms with Gasteiger partial charge in [0.05, 0.1) is 17.6 Å². The molecule has 0 bridgehead atoms. The molecular weight excluding hydrogens is 216 g/mol. The van der Waals surface area contributed by atoms with Gasteiger partial charge in [0.25, 0.3) is 0 Å². The molecule has 1 heterocycles. The number of aromatic nitrogens is 1. The molecule has 1 aliphatic rings. The average Bonchev–Trinajstić information content (AvgIpc) is 3.08. The van der Waals surface area contributed by atoms with Crippen molar-refractivity contribution < 1.29 is 4.79 Å². The Morgan fingerprint density at radius 2 is 2.29 bits per heavy atom. The quantitative estimate of drug-likeness (QED) is 0.645. The molecule has 0 aliphatic heterocycles. The molecule has 0 atom stereocenters. The van der Waals surface area contributed by atoms with Crippen LogP contribution in [0.4, 0.5) is 11.4 Å². The van der Waals surface area contributed by atoms with Gasteiger partial charge < -0.3 is 16.4 Å². The summed E-state index contributed by atoms with van der Waals surface area (Å²) in [6.45, 7) is 0.753. The SMILES string of the molecule is Nc1cncc(NCCCC(=O)NC2CC2)c1. The highest BCUT2D eigenvalue weighted by Crippen LogP contribution is 2.18. The van der Waals surface area contributed by atoms with E-state index in [4.69, 9.17) is 5.73 Å². The van der Waals surface area contributed by atoms with Gasteiger partial charge in [0.15, 0.2) is 0 Å². The predicted molar refractivity (Wildman–Crippen MR) is 67.5 cm³/mol. The maximum atomic E-state index is 11.4. The van der Waals surface area contributed by atoms with Crippen LogP contribution in [0.25, 0.3) is 0 Å². The Labute approximate surface area is 101 Å². The van der Waals surface area contributed by atoms with Gasteiger partial charge in [-0.15, -0.1) is 0 Å². The zero-order valence-electron chi connectivity index (χ0n) is 9.78. The number of hydrogen-bond acceptors (Lipinski definition) is 4. The lowest BCUT2D eigenvalue weighted by Crippen LogP contribution is -2.25. The van der Waals surface area contributed by atoms with Crippen molar-refractivity contribution in [3.8, 4) is 0 Å². The van der Waals surface area contributed by atoms with Gasteiger partial charge in [0, 0.05) is 25.2 Å². The fourth-order valence-corrected chi connectivity index (χ4v) is 1.56. The van der Waals surface area contributed by atoms with Crippen LogP contribution >= 0.6 is 0 Å². The van der Waals surface area contributed by atoms with Crippen LogP contribution in [0.2, 0.25) is 0 Å². The summed E-state index contributed by atoms with van der Waals surface area (Å²) in [6, 6.07) is 2.28. The third-order valence-corrected chi connectivity index (χ3v) is 2.61. The van der Waals surface area contributed by atoms with Crippen molar-refractivity contribution in [3.63, 3.8) is 0 Å². The van der Waals surface area contributed by atoms with E-state index < -0.39 is 0 Å². The van der Waals surface area contributed by atoms with Crippen LogP contribution in [0.15, 0.2) is 18.5 Å². The van der Waals surface area contributed by atoms with Crippen LogP contribution < -0.4 is 16.4 Å². The minimum Gasteiger partial charge on any atom is -0.397 e. The second kappa shape index (κ2) is 5.52. The van der Waals surface area contributed by atoms with E-state index >= 15 is 0 Å². The third-order valence-electron chi connectivity index (χ3n) is 2.61. The molecule has 0 unspecified atom stereocenters. The summed E-state index contributed by atoms with van der Waals surface area (Å²) in [7, 11) is 0. The Bertz CT molecular complexity index is 390. The van der Waals surface area contributed by atoms with Crippen LogP contribution in [0.1, 0.15) is 25.7 Å². The second-order valence-electron chi connectivity index (χ2n) is 4.38. The van der Waals surface area contributed by atoms with Gasteiger partial charge in [-0.25, -0.2) is 0 Å². The first kappa shape index (κ1) is 11.7. The topological polar surface area (TPSA) is 80.0 Å². The number of hydrogen-bond donors (Lipinski definition) is 3. The van der Waals surface area contributed by atoms with E-state index in [0.717, 1.165) is 31.5 Å². The summed E-state index contributed by atoms with van der Waals surface area (Å²) in [6.07, 6.45) is 6.99. The highest BCUT2D eigenvalue weighted by atomic mass is 16.1. The maximum Gasteiger partial charge on any atom is 0.220 e. The van der Waals surface area contributed by atoms with Crippen molar-refractivity contribution in [2.24, 2.45) is 0 Å². The summed E-state index contributed by atoms with van der Waals surface area (Å²) in [5, 5.41) is 6.15. The molecule has 0 saturated heterocycles. The number of pyridine rings is 1. The molecule has 0 radical (unpaired) electrons. The lowest BCUT2D eigenvalue weighted by molar-refractivity contribution is -0.121. The normalized spacial score (nSPS) is 14.4. The molecule has 5 heteroatoms. The molecule has 92 valence electrons. The standard InChI is InChI=1S/C12H18N4O/c13-9-6-11(8-14-7-9)15-5-1-2-12(17)16-10-3-4-10/h6-8,10,15H,1-5,13H2,(H,16,17). The zero-order valence-corrected chi connectivity index (χ0v) is 9.78. The fraction of sp³-hybridized carbons (Fsp3) is 0.500. The number of carbonyl (C=O) groups excluding carboxylic acids is 1. The Kier molecular flexibility index (Phi) is 3.80. The molecule has 1 fully saturated rings. The van der Waals surface area contributed by atoms with Crippen LogP contribution in [0.5, 0.6) is 0 Å². The maximum absolute atomic E-state index is 11.4. The molecule has 1 saturated carbocycles. The van der Waals surface area contributed by atoms with Crippen molar-refractivity contribution in [2.45, 2.75) is 31.7 Å². The Morgan fingerprint density at radius 1 is 1.47 bits per heavy atom. The van der Waals surface area contributed by atoms with Crippen LogP contribution in [-0.2, 0) is 4.79 Å². The van der Waals surface area contributed by atoms with E-state index in [2.05, 4.69) is 15.6 Å². The number of nitrogen functional groups attached to an aromatic ring is 1. The summed E-state index contributed by atoms with van der Waals surface area (Å²) < 4.78 is 0. The van der Waals surface area contributed by atoms with Gasteiger partial charge in [-0.05, 0) is 25.3 Å². The number of nitrogens with one attached hydrogen (secondary N) is 2. The van der Waals surface area contributed by atoms with Gasteiger partial charge in [0.1, 0.15) is 0 Å². The highest BCUT2D eigenvalue weighted by molar-refractivity contribution is 5.76. The number of nitrogens with two attached hydrogens (primary N) is 1. The number of nitrogens with zero attached hydrogens (tertiary/aromatic N) is 1. The van der Waals surface area contributed by atoms with Crippen molar-refractivity contribution >= 4 is 17.3 Å². The van der Waals surface area contributed by atoms with Gasteiger partial charge in [0.2, 0.25) is 5.91 Å². The molecule has 1 aromatic heterocycles. The Morgan fingerprint density at radius 3 is 3.00 bits per heavy atom. The van der Waals surface area contributed by atoms with Crippen molar-refractivity contribution in [3.05, 3.63) is 18.5 Å². The molecular formula is C12H18N4O. The molecule has 1 aromatic rings. The Hall–Kier alpha value is -1.78. The molecule has 1 amide bonds. The van der Waals surface area contributed by atoms with E-state index in [1.54, 1.807) is 12.4 Å². The minimum absolute atomic E-state index is 0.153. The van der Waals surface area contributed by atoms with E-state index in [-0.39, 0.29) is 5.91 Å². The van der Waals surface area contributed by atoms with Gasteiger partial charge >= 0.3 is 0 Å². The molecule has 1 aliphatic carbocycles. The van der Waals surface area contributed by atoms with E-state index in [1.807, 2.05) is 6.07 Å². The molecule has 0 spiro atoms. The van der Waals surface area contributed by atoms with E-state index in [1.165, 1.54) is 0 Å². The van der Waals surface area contributed by atoms with Crippen molar-refractivity contribution in [2.75, 3.05) is 17.6 Å². The van der Waals surface area contributed by atoms with Crippen LogP contribution in [-0.4, -0.2) is 23.5 Å². The summed E-state index contributed by atoms with van der Waals surface area (Å²) in [5.74, 6) is 0.153. The first-order chi connectivity index (χ1) is 8.24. The highest BCUT2D eigenvalue weighted by Gasteiger charge is 2.22. The van der Waals surface area contributed by atoms with Crippen LogP contribution in [0, 0.1) is 0 Å². The average molecular weight is 234 g/mol. The molecule has 17 heavy (non-hydrogen) atoms. The number of rotatable bonds is 6. The summed E-state index contributed by atoms with van der Waals surface area (Å²) in [5.41, 5.74) is 7.14.